The van der Waals surface area contributed by atoms with Crippen LogP contribution in [0, 0.1) is 0 Å². The number of benzene rings is 1. The van der Waals surface area contributed by atoms with Crippen LogP contribution in [0.4, 0.5) is 0 Å². The van der Waals surface area contributed by atoms with Crippen LogP contribution in [-0.4, -0.2) is 38.1 Å². The molecule has 0 unspecified atom stereocenters. The van der Waals surface area contributed by atoms with Crippen molar-refractivity contribution in [1.29, 1.82) is 0 Å². The Hall–Kier alpha value is -1.26. The molecule has 1 rings (SSSR count). The lowest BCUT2D eigenvalue weighted by molar-refractivity contribution is -0.121. The fourth-order valence-electron chi connectivity index (χ4n) is 1.72. The van der Waals surface area contributed by atoms with E-state index in [0.29, 0.717) is 24.7 Å². The summed E-state index contributed by atoms with van der Waals surface area (Å²) in [4.78, 5) is 13.4. The number of carbonyl (C=O) groups is 1. The maximum absolute atomic E-state index is 11.5. The van der Waals surface area contributed by atoms with E-state index >= 15 is 0 Å². The average molecular weight is 271 g/mol. The van der Waals surface area contributed by atoms with Crippen LogP contribution in [0.1, 0.15) is 12.5 Å². The Morgan fingerprint density at radius 1 is 1.50 bits per heavy atom. The predicted octanol–water partition coefficient (Wildman–Crippen LogP) is 1.92. The van der Waals surface area contributed by atoms with E-state index in [9.17, 15) is 4.79 Å². The van der Waals surface area contributed by atoms with Crippen LogP contribution in [-0.2, 0) is 11.3 Å². The number of nitrogens with one attached hydrogen (secondary N) is 1. The molecule has 0 spiro atoms. The molecule has 1 aromatic carbocycles. The third kappa shape index (κ3) is 4.55. The summed E-state index contributed by atoms with van der Waals surface area (Å²) in [6, 6.07) is 5.47. The van der Waals surface area contributed by atoms with Gasteiger partial charge in [-0.15, -0.1) is 0 Å². The van der Waals surface area contributed by atoms with Crippen LogP contribution >= 0.6 is 11.6 Å². The van der Waals surface area contributed by atoms with Gasteiger partial charge in [0.2, 0.25) is 5.91 Å². The van der Waals surface area contributed by atoms with E-state index in [4.69, 9.17) is 16.3 Å². The fourth-order valence-corrected chi connectivity index (χ4v) is 1.91. The van der Waals surface area contributed by atoms with Crippen LogP contribution in [0.2, 0.25) is 5.02 Å². The highest BCUT2D eigenvalue weighted by atomic mass is 35.5. The second-order valence-electron chi connectivity index (χ2n) is 4.08. The molecule has 0 saturated carbocycles. The highest BCUT2D eigenvalue weighted by Gasteiger charge is 2.10. The first-order valence-electron chi connectivity index (χ1n) is 5.84. The topological polar surface area (TPSA) is 41.6 Å². The van der Waals surface area contributed by atoms with Crippen molar-refractivity contribution in [1.82, 2.24) is 10.2 Å². The van der Waals surface area contributed by atoms with Crippen molar-refractivity contribution < 1.29 is 9.53 Å². The Balaban J connectivity index is 2.66. The fraction of sp³-hybridized carbons (Fsp3) is 0.462. The number of methoxy groups -OCH3 is 1. The van der Waals surface area contributed by atoms with Crippen LogP contribution < -0.4 is 10.1 Å². The normalized spacial score (nSPS) is 10.5. The van der Waals surface area contributed by atoms with Gasteiger partial charge in [0, 0.05) is 23.7 Å². The first-order valence-corrected chi connectivity index (χ1v) is 6.22. The Morgan fingerprint density at radius 3 is 2.83 bits per heavy atom. The summed E-state index contributed by atoms with van der Waals surface area (Å²) in [6.07, 6.45) is 0. The maximum atomic E-state index is 11.5. The summed E-state index contributed by atoms with van der Waals surface area (Å²) >= 11 is 5.96. The third-order valence-electron chi connectivity index (χ3n) is 2.47. The average Bonchev–Trinajstić information content (AvgIpc) is 2.29. The zero-order valence-corrected chi connectivity index (χ0v) is 11.8. The van der Waals surface area contributed by atoms with Crippen molar-refractivity contribution in [2.75, 3.05) is 27.2 Å². The monoisotopic (exact) mass is 270 g/mol. The van der Waals surface area contributed by atoms with Crippen LogP contribution in [0.15, 0.2) is 18.2 Å². The zero-order valence-electron chi connectivity index (χ0n) is 11.0. The largest absolute Gasteiger partial charge is 0.496 e. The molecule has 1 N–H and O–H groups in total. The van der Waals surface area contributed by atoms with Crippen molar-refractivity contribution in [3.05, 3.63) is 28.8 Å². The number of amides is 1. The van der Waals surface area contributed by atoms with Gasteiger partial charge < -0.3 is 10.1 Å². The van der Waals surface area contributed by atoms with Gasteiger partial charge >= 0.3 is 0 Å². The highest BCUT2D eigenvalue weighted by Crippen LogP contribution is 2.23. The molecule has 0 saturated heterocycles. The second-order valence-corrected chi connectivity index (χ2v) is 4.52. The molecule has 0 aromatic heterocycles. The van der Waals surface area contributed by atoms with Crippen LogP contribution in [0.5, 0.6) is 5.75 Å². The van der Waals surface area contributed by atoms with E-state index in [-0.39, 0.29) is 5.91 Å². The summed E-state index contributed by atoms with van der Waals surface area (Å²) in [7, 11) is 3.51. The molecule has 0 heterocycles. The van der Waals surface area contributed by atoms with E-state index in [1.807, 2.05) is 31.0 Å². The number of ether oxygens (including phenoxy) is 1. The first kappa shape index (κ1) is 14.8. The SMILES string of the molecule is CCNC(=O)CN(C)Cc1cc(Cl)ccc1OC. The van der Waals surface area contributed by atoms with E-state index in [1.165, 1.54) is 0 Å². The van der Waals surface area contributed by atoms with Crippen molar-refractivity contribution in [3.8, 4) is 5.75 Å². The lowest BCUT2D eigenvalue weighted by Gasteiger charge is -2.18. The molecule has 100 valence electrons. The van der Waals surface area contributed by atoms with Gasteiger partial charge in [-0.05, 0) is 32.2 Å². The van der Waals surface area contributed by atoms with Gasteiger partial charge in [-0.25, -0.2) is 0 Å². The summed E-state index contributed by atoms with van der Waals surface area (Å²) in [5.41, 5.74) is 0.969. The molecular weight excluding hydrogens is 252 g/mol. The number of hydrogen-bond donors (Lipinski definition) is 1. The number of rotatable bonds is 6. The lowest BCUT2D eigenvalue weighted by Crippen LogP contribution is -2.34. The Labute approximate surface area is 113 Å². The number of likely N-dealkylation sites (N-methyl/N-ethyl adjacent to an activating group) is 2. The van der Waals surface area contributed by atoms with Crippen molar-refractivity contribution in [3.63, 3.8) is 0 Å². The molecule has 1 aromatic rings. The summed E-state index contributed by atoms with van der Waals surface area (Å²) in [5.74, 6) is 0.795. The molecule has 0 aliphatic heterocycles. The lowest BCUT2D eigenvalue weighted by atomic mass is 10.2. The van der Waals surface area contributed by atoms with Crippen LogP contribution in [0.25, 0.3) is 0 Å². The van der Waals surface area contributed by atoms with Gasteiger partial charge in [0.15, 0.2) is 0 Å². The zero-order chi connectivity index (χ0) is 13.5. The molecule has 0 bridgehead atoms. The molecule has 0 radical (unpaired) electrons. The Morgan fingerprint density at radius 2 is 2.22 bits per heavy atom. The molecular formula is C13H19ClN2O2. The maximum Gasteiger partial charge on any atom is 0.234 e. The molecule has 0 fully saturated rings. The van der Waals surface area contributed by atoms with Gasteiger partial charge in [0.05, 0.1) is 13.7 Å². The van der Waals surface area contributed by atoms with Crippen molar-refractivity contribution in [2.45, 2.75) is 13.5 Å². The molecule has 4 nitrogen and oxygen atoms in total. The number of halogens is 1. The number of carbonyl (C=O) groups excluding carboxylic acids is 1. The molecule has 0 atom stereocenters. The minimum atomic E-state index is 0.0148. The molecule has 1 amide bonds. The predicted molar refractivity (Wildman–Crippen MR) is 73.0 cm³/mol. The van der Waals surface area contributed by atoms with Crippen molar-refractivity contribution in [2.24, 2.45) is 0 Å². The summed E-state index contributed by atoms with van der Waals surface area (Å²) in [5, 5.41) is 3.43. The van der Waals surface area contributed by atoms with Crippen LogP contribution in [0.3, 0.4) is 0 Å². The summed E-state index contributed by atoms with van der Waals surface area (Å²) in [6.45, 7) is 3.51. The van der Waals surface area contributed by atoms with E-state index < -0.39 is 0 Å². The number of hydrogen-bond acceptors (Lipinski definition) is 3. The minimum Gasteiger partial charge on any atom is -0.496 e. The van der Waals surface area contributed by atoms with E-state index in [2.05, 4.69) is 5.32 Å². The van der Waals surface area contributed by atoms with E-state index in [0.717, 1.165) is 11.3 Å². The highest BCUT2D eigenvalue weighted by molar-refractivity contribution is 6.30. The first-order chi connectivity index (χ1) is 8.56. The second kappa shape index (κ2) is 7.24. The third-order valence-corrected chi connectivity index (χ3v) is 2.71. The summed E-state index contributed by atoms with van der Waals surface area (Å²) < 4.78 is 5.27. The van der Waals surface area contributed by atoms with Gasteiger partial charge in [0.1, 0.15) is 5.75 Å². The molecule has 18 heavy (non-hydrogen) atoms. The number of nitrogens with zero attached hydrogens (tertiary/aromatic N) is 1. The minimum absolute atomic E-state index is 0.0148. The van der Waals surface area contributed by atoms with Crippen molar-refractivity contribution >= 4 is 17.5 Å². The standard InChI is InChI=1S/C13H19ClN2O2/c1-4-15-13(17)9-16(2)8-10-7-11(14)5-6-12(10)18-3/h5-7H,4,8-9H2,1-3H3,(H,15,17). The van der Waals surface area contributed by atoms with Gasteiger partial charge in [-0.1, -0.05) is 11.6 Å². The Kier molecular flexibility index (Phi) is 5.95. The quantitative estimate of drug-likeness (QED) is 0.859. The molecule has 0 aliphatic carbocycles. The van der Waals surface area contributed by atoms with Gasteiger partial charge in [-0.3, -0.25) is 9.69 Å². The molecule has 0 aliphatic rings. The van der Waals surface area contributed by atoms with Gasteiger partial charge in [0.25, 0.3) is 0 Å². The Bertz CT molecular complexity index is 410. The van der Waals surface area contributed by atoms with Gasteiger partial charge in [-0.2, -0.15) is 0 Å². The molecule has 5 heteroatoms. The van der Waals surface area contributed by atoms with E-state index in [1.54, 1.807) is 13.2 Å². The smallest absolute Gasteiger partial charge is 0.234 e.